The molecule has 0 amide bonds. The van der Waals surface area contributed by atoms with Gasteiger partial charge in [-0.15, -0.1) is 0 Å². The van der Waals surface area contributed by atoms with Gasteiger partial charge in [0.05, 0.1) is 11.2 Å². The van der Waals surface area contributed by atoms with E-state index in [9.17, 15) is 4.79 Å². The second kappa shape index (κ2) is 4.11. The largest absolute Gasteiger partial charge is 0.495 e. The predicted molar refractivity (Wildman–Crippen MR) is 72.0 cm³/mol. The average Bonchev–Trinajstić information content (AvgIpc) is 2.47. The van der Waals surface area contributed by atoms with Crippen molar-refractivity contribution in [1.82, 2.24) is 0 Å². The molecule has 0 aromatic heterocycles. The highest BCUT2D eigenvalue weighted by atomic mass is 16.7. The molecule has 1 fully saturated rings. The van der Waals surface area contributed by atoms with E-state index in [2.05, 4.69) is 0 Å². The van der Waals surface area contributed by atoms with Crippen molar-refractivity contribution in [3.63, 3.8) is 0 Å². The van der Waals surface area contributed by atoms with Gasteiger partial charge in [0.15, 0.2) is 0 Å². The average molecular weight is 247 g/mol. The third kappa shape index (κ3) is 2.04. The fraction of sp³-hybridized carbons (Fsp3) is 0.462. The van der Waals surface area contributed by atoms with Crippen LogP contribution in [0.1, 0.15) is 38.1 Å². The number of hydrogen-bond donors (Lipinski definition) is 1. The topological polar surface area (TPSA) is 61.5 Å². The number of aldehydes is 1. The fourth-order valence-electron chi connectivity index (χ4n) is 1.88. The molecular formula is C13H18BNO3. The van der Waals surface area contributed by atoms with E-state index in [4.69, 9.17) is 15.0 Å². The summed E-state index contributed by atoms with van der Waals surface area (Å²) in [6.45, 7) is 7.91. The van der Waals surface area contributed by atoms with Crippen molar-refractivity contribution < 1.29 is 14.1 Å². The number of rotatable bonds is 2. The van der Waals surface area contributed by atoms with Gasteiger partial charge in [0.25, 0.3) is 0 Å². The van der Waals surface area contributed by atoms with Gasteiger partial charge in [-0.05, 0) is 45.3 Å². The molecule has 18 heavy (non-hydrogen) atoms. The Bertz CT molecular complexity index is 469. The van der Waals surface area contributed by atoms with Gasteiger partial charge in [0.1, 0.15) is 6.29 Å². The van der Waals surface area contributed by atoms with E-state index in [1.54, 1.807) is 18.2 Å². The third-order valence-electron chi connectivity index (χ3n) is 3.74. The molecule has 0 unspecified atom stereocenters. The van der Waals surface area contributed by atoms with Crippen molar-refractivity contribution >= 4 is 24.6 Å². The first kappa shape index (κ1) is 13.1. The van der Waals surface area contributed by atoms with Crippen LogP contribution in [0.4, 0.5) is 5.69 Å². The quantitative estimate of drug-likeness (QED) is 0.487. The van der Waals surface area contributed by atoms with Crippen LogP contribution >= 0.6 is 0 Å². The molecule has 1 aromatic carbocycles. The first-order valence-corrected chi connectivity index (χ1v) is 5.97. The lowest BCUT2D eigenvalue weighted by Gasteiger charge is -2.32. The highest BCUT2D eigenvalue weighted by Crippen LogP contribution is 2.36. The third-order valence-corrected chi connectivity index (χ3v) is 3.74. The Morgan fingerprint density at radius 1 is 1.17 bits per heavy atom. The molecular weight excluding hydrogens is 229 g/mol. The molecule has 1 aliphatic rings. The van der Waals surface area contributed by atoms with Gasteiger partial charge in [-0.25, -0.2) is 0 Å². The highest BCUT2D eigenvalue weighted by Gasteiger charge is 2.52. The molecule has 0 saturated carbocycles. The Balaban J connectivity index is 2.38. The summed E-state index contributed by atoms with van der Waals surface area (Å²) < 4.78 is 11.8. The van der Waals surface area contributed by atoms with E-state index in [0.717, 1.165) is 11.7 Å². The van der Waals surface area contributed by atoms with Crippen molar-refractivity contribution in [3.8, 4) is 0 Å². The van der Waals surface area contributed by atoms with Crippen LogP contribution in [0.25, 0.3) is 0 Å². The van der Waals surface area contributed by atoms with Gasteiger partial charge < -0.3 is 15.0 Å². The minimum Gasteiger partial charge on any atom is -0.399 e. The van der Waals surface area contributed by atoms with Crippen LogP contribution in [0.15, 0.2) is 18.2 Å². The minimum atomic E-state index is -0.532. The summed E-state index contributed by atoms with van der Waals surface area (Å²) in [4.78, 5) is 11.1. The van der Waals surface area contributed by atoms with E-state index >= 15 is 0 Å². The second-order valence-electron chi connectivity index (χ2n) is 5.59. The van der Waals surface area contributed by atoms with E-state index in [0.29, 0.717) is 11.3 Å². The van der Waals surface area contributed by atoms with E-state index in [1.165, 1.54) is 0 Å². The fourth-order valence-corrected chi connectivity index (χ4v) is 1.88. The first-order valence-electron chi connectivity index (χ1n) is 5.97. The maximum absolute atomic E-state index is 11.1. The molecule has 0 aliphatic carbocycles. The number of carbonyl (C=O) groups is 1. The van der Waals surface area contributed by atoms with E-state index in [1.807, 2.05) is 27.7 Å². The number of benzene rings is 1. The molecule has 1 aliphatic heterocycles. The second-order valence-corrected chi connectivity index (χ2v) is 5.59. The summed E-state index contributed by atoms with van der Waals surface area (Å²) in [6.07, 6.45) is 0.775. The van der Waals surface area contributed by atoms with E-state index < -0.39 is 18.3 Å². The van der Waals surface area contributed by atoms with Gasteiger partial charge in [0, 0.05) is 11.3 Å². The Hall–Kier alpha value is -1.33. The van der Waals surface area contributed by atoms with Crippen LogP contribution in [0.2, 0.25) is 0 Å². The molecule has 0 radical (unpaired) electrons. The molecule has 2 N–H and O–H groups in total. The molecule has 0 atom stereocenters. The summed E-state index contributed by atoms with van der Waals surface area (Å²) in [7, 11) is -0.532. The van der Waals surface area contributed by atoms with Gasteiger partial charge in [-0.3, -0.25) is 4.79 Å². The lowest BCUT2D eigenvalue weighted by atomic mass is 9.76. The van der Waals surface area contributed by atoms with Crippen LogP contribution in [0.5, 0.6) is 0 Å². The van der Waals surface area contributed by atoms with Crippen molar-refractivity contribution in [2.75, 3.05) is 5.73 Å². The van der Waals surface area contributed by atoms with Gasteiger partial charge >= 0.3 is 7.12 Å². The van der Waals surface area contributed by atoms with Crippen LogP contribution in [0.3, 0.4) is 0 Å². The van der Waals surface area contributed by atoms with Gasteiger partial charge in [-0.2, -0.15) is 0 Å². The summed E-state index contributed by atoms with van der Waals surface area (Å²) in [6, 6.07) is 5.15. The summed E-state index contributed by atoms with van der Waals surface area (Å²) in [5.41, 5.74) is 6.61. The predicted octanol–water partition coefficient (Wildman–Crippen LogP) is 1.38. The van der Waals surface area contributed by atoms with Crippen LogP contribution in [-0.4, -0.2) is 24.6 Å². The lowest BCUT2D eigenvalue weighted by molar-refractivity contribution is 0.00578. The normalized spacial score (nSPS) is 21.0. The summed E-state index contributed by atoms with van der Waals surface area (Å²) in [5, 5.41) is 0. The number of anilines is 1. The SMILES string of the molecule is CC1(C)OB(c2ccc(N)cc2C=O)OC1(C)C. The Labute approximate surface area is 108 Å². The zero-order chi connectivity index (χ0) is 13.6. The van der Waals surface area contributed by atoms with Crippen molar-refractivity contribution in [3.05, 3.63) is 23.8 Å². The standard InChI is InChI=1S/C13H18BNO3/c1-12(2)13(3,4)18-14(17-12)11-6-5-10(15)7-9(11)8-16/h5-8H,15H2,1-4H3. The van der Waals surface area contributed by atoms with Crippen LogP contribution in [-0.2, 0) is 9.31 Å². The smallest absolute Gasteiger partial charge is 0.399 e. The molecule has 1 heterocycles. The number of nitrogen functional groups attached to an aromatic ring is 1. The van der Waals surface area contributed by atoms with Crippen LogP contribution in [0, 0.1) is 0 Å². The van der Waals surface area contributed by atoms with Crippen LogP contribution < -0.4 is 11.2 Å². The van der Waals surface area contributed by atoms with Crippen molar-refractivity contribution in [2.24, 2.45) is 0 Å². The number of nitrogens with two attached hydrogens (primary N) is 1. The Kier molecular flexibility index (Phi) is 2.99. The maximum atomic E-state index is 11.1. The molecule has 5 heteroatoms. The molecule has 4 nitrogen and oxygen atoms in total. The lowest BCUT2D eigenvalue weighted by Crippen LogP contribution is -2.41. The number of carbonyl (C=O) groups excluding carboxylic acids is 1. The minimum absolute atomic E-state index is 0.417. The Morgan fingerprint density at radius 2 is 1.72 bits per heavy atom. The van der Waals surface area contributed by atoms with Crippen molar-refractivity contribution in [1.29, 1.82) is 0 Å². The highest BCUT2D eigenvalue weighted by molar-refractivity contribution is 6.63. The summed E-state index contributed by atoms with van der Waals surface area (Å²) >= 11 is 0. The number of hydrogen-bond acceptors (Lipinski definition) is 4. The van der Waals surface area contributed by atoms with Crippen molar-refractivity contribution in [2.45, 2.75) is 38.9 Å². The molecule has 0 bridgehead atoms. The molecule has 1 saturated heterocycles. The molecule has 96 valence electrons. The van der Waals surface area contributed by atoms with Gasteiger partial charge in [0.2, 0.25) is 0 Å². The molecule has 1 aromatic rings. The zero-order valence-electron chi connectivity index (χ0n) is 11.2. The molecule has 2 rings (SSSR count). The maximum Gasteiger partial charge on any atom is 0.495 e. The summed E-state index contributed by atoms with van der Waals surface area (Å²) in [5.74, 6) is 0. The zero-order valence-corrected chi connectivity index (χ0v) is 11.2. The van der Waals surface area contributed by atoms with E-state index in [-0.39, 0.29) is 0 Å². The Morgan fingerprint density at radius 3 is 2.22 bits per heavy atom. The monoisotopic (exact) mass is 247 g/mol. The molecule has 0 spiro atoms. The van der Waals surface area contributed by atoms with Gasteiger partial charge in [-0.1, -0.05) is 6.07 Å². The first-order chi connectivity index (χ1) is 8.27.